The van der Waals surface area contributed by atoms with Crippen LogP contribution in [0.15, 0.2) is 18.2 Å². The van der Waals surface area contributed by atoms with E-state index in [1.54, 1.807) is 14.0 Å². The van der Waals surface area contributed by atoms with Crippen molar-refractivity contribution >= 4 is 5.91 Å². The average Bonchev–Trinajstić information content (AvgIpc) is 2.53. The first-order valence-corrected chi connectivity index (χ1v) is 9.35. The molecular formula is C23H34NO3Y-. The van der Waals surface area contributed by atoms with E-state index in [1.807, 2.05) is 59.7 Å². The van der Waals surface area contributed by atoms with E-state index in [-0.39, 0.29) is 49.9 Å². The molecule has 0 saturated heterocycles. The second kappa shape index (κ2) is 10.1. The molecule has 0 aromatic heterocycles. The van der Waals surface area contributed by atoms with Crippen LogP contribution in [0.3, 0.4) is 0 Å². The van der Waals surface area contributed by atoms with Crippen LogP contribution in [-0.4, -0.2) is 24.2 Å². The van der Waals surface area contributed by atoms with Gasteiger partial charge in [0.05, 0.1) is 13.0 Å². The normalized spacial score (nSPS) is 11.8. The van der Waals surface area contributed by atoms with Crippen LogP contribution in [-0.2, 0) is 42.9 Å². The molecule has 28 heavy (non-hydrogen) atoms. The molecule has 4 nitrogen and oxygen atoms in total. The van der Waals surface area contributed by atoms with Crippen LogP contribution in [0.4, 0.5) is 0 Å². The Morgan fingerprint density at radius 1 is 1.07 bits per heavy atom. The quantitative estimate of drug-likeness (QED) is 0.505. The summed E-state index contributed by atoms with van der Waals surface area (Å²) in [6, 6.07) is 5.86. The minimum absolute atomic E-state index is 0. The van der Waals surface area contributed by atoms with Gasteiger partial charge in [0.1, 0.15) is 0 Å². The van der Waals surface area contributed by atoms with E-state index in [9.17, 15) is 4.79 Å². The van der Waals surface area contributed by atoms with Gasteiger partial charge in [-0.25, -0.2) is 0 Å². The molecule has 1 aromatic carbocycles. The Hall–Kier alpha value is -1.05. The molecule has 5 heteroatoms. The zero-order valence-corrected chi connectivity index (χ0v) is 21.9. The SMILES string of the molecule is CC#CC(C)(C)Oc1ccc(C(C)(C)C(C)(C)[N-]C(=O)C(C)C)cc1OC.[Y]. The Kier molecular flexibility index (Phi) is 9.75. The van der Waals surface area contributed by atoms with Gasteiger partial charge in [-0.2, -0.15) is 0 Å². The molecule has 0 atom stereocenters. The van der Waals surface area contributed by atoms with Crippen molar-refractivity contribution in [1.29, 1.82) is 0 Å². The smallest absolute Gasteiger partial charge is 0.163 e. The summed E-state index contributed by atoms with van der Waals surface area (Å²) in [7, 11) is 1.62. The minimum atomic E-state index is -0.614. The summed E-state index contributed by atoms with van der Waals surface area (Å²) in [4.78, 5) is 12.2. The summed E-state index contributed by atoms with van der Waals surface area (Å²) >= 11 is 0. The number of carbonyl (C=O) groups is 1. The first-order valence-electron chi connectivity index (χ1n) is 9.35. The van der Waals surface area contributed by atoms with Gasteiger partial charge < -0.3 is 19.6 Å². The number of benzene rings is 1. The molecule has 0 aliphatic heterocycles. The van der Waals surface area contributed by atoms with Crippen LogP contribution in [0.1, 0.15) is 67.9 Å². The van der Waals surface area contributed by atoms with Gasteiger partial charge in [-0.05, 0) is 49.8 Å². The Balaban J connectivity index is 0.00000729. The second-order valence-corrected chi connectivity index (χ2v) is 8.64. The fraction of sp³-hybridized carbons (Fsp3) is 0.609. The average molecular weight is 461 g/mol. The topological polar surface area (TPSA) is 49.6 Å². The maximum absolute atomic E-state index is 12.2. The van der Waals surface area contributed by atoms with E-state index in [0.717, 1.165) is 5.56 Å². The summed E-state index contributed by atoms with van der Waals surface area (Å²) < 4.78 is 11.6. The van der Waals surface area contributed by atoms with Gasteiger partial charge in [-0.3, -0.25) is 0 Å². The van der Waals surface area contributed by atoms with Gasteiger partial charge in [-0.1, -0.05) is 53.5 Å². The predicted molar refractivity (Wildman–Crippen MR) is 111 cm³/mol. The standard InChI is InChI=1S/C23H35NO3.Y/c1-11-14-21(4,5)27-18-13-12-17(15-19(18)26-10)22(6,7)23(8,9)24-20(25)16(2)3;/h12-13,15-16H,1-10H3,(H,24,25);/p-1. The number of ether oxygens (including phenoxy) is 2. The Morgan fingerprint density at radius 3 is 2.11 bits per heavy atom. The molecule has 1 amide bonds. The van der Waals surface area contributed by atoms with Gasteiger partial charge in [-0.15, -0.1) is 11.5 Å². The molecule has 0 bridgehead atoms. The van der Waals surface area contributed by atoms with E-state index in [4.69, 9.17) is 9.47 Å². The molecule has 1 radical (unpaired) electrons. The van der Waals surface area contributed by atoms with Gasteiger partial charge in [0.25, 0.3) is 0 Å². The minimum Gasteiger partial charge on any atom is -0.648 e. The van der Waals surface area contributed by atoms with Gasteiger partial charge >= 0.3 is 0 Å². The van der Waals surface area contributed by atoms with Gasteiger partial charge in [0, 0.05) is 32.7 Å². The Morgan fingerprint density at radius 2 is 1.64 bits per heavy atom. The van der Waals surface area contributed by atoms with Crippen molar-refractivity contribution in [1.82, 2.24) is 0 Å². The van der Waals surface area contributed by atoms with Crippen molar-refractivity contribution in [2.45, 2.75) is 78.9 Å². The van der Waals surface area contributed by atoms with Gasteiger partial charge in [0.2, 0.25) is 0 Å². The molecule has 1 rings (SSSR count). The summed E-state index contributed by atoms with van der Waals surface area (Å²) in [5.41, 5.74) is -0.551. The third kappa shape index (κ3) is 6.49. The fourth-order valence-corrected chi connectivity index (χ4v) is 2.64. The predicted octanol–water partition coefficient (Wildman–Crippen LogP) is 5.49. The van der Waals surface area contributed by atoms with Crippen LogP contribution in [0.5, 0.6) is 11.5 Å². The molecule has 0 spiro atoms. The van der Waals surface area contributed by atoms with Crippen molar-refractivity contribution < 1.29 is 47.0 Å². The number of hydrogen-bond acceptors (Lipinski definition) is 3. The Bertz CT molecular complexity index is 740. The number of nitrogens with zero attached hydrogens (tertiary/aromatic N) is 1. The molecule has 1 aromatic rings. The molecule has 0 heterocycles. The summed E-state index contributed by atoms with van der Waals surface area (Å²) in [5.74, 6) is 7.00. The second-order valence-electron chi connectivity index (χ2n) is 8.64. The Labute approximate surface area is 196 Å². The first kappa shape index (κ1) is 27.0. The maximum Gasteiger partial charge on any atom is 0.163 e. The van der Waals surface area contributed by atoms with Crippen LogP contribution in [0, 0.1) is 17.8 Å². The van der Waals surface area contributed by atoms with E-state index < -0.39 is 11.1 Å². The van der Waals surface area contributed by atoms with Crippen molar-refractivity contribution in [2.24, 2.45) is 5.92 Å². The number of carbonyl (C=O) groups excluding carboxylic acids is 1. The number of methoxy groups -OCH3 is 1. The van der Waals surface area contributed by atoms with Crippen LogP contribution >= 0.6 is 0 Å². The summed E-state index contributed by atoms with van der Waals surface area (Å²) in [6.07, 6.45) is 0. The summed E-state index contributed by atoms with van der Waals surface area (Å²) in [5, 5.41) is 4.49. The number of hydrogen-bond donors (Lipinski definition) is 0. The van der Waals surface area contributed by atoms with Crippen LogP contribution < -0.4 is 9.47 Å². The van der Waals surface area contributed by atoms with E-state index in [0.29, 0.717) is 11.5 Å². The van der Waals surface area contributed by atoms with Crippen LogP contribution in [0.2, 0.25) is 0 Å². The van der Waals surface area contributed by atoms with E-state index >= 15 is 0 Å². The van der Waals surface area contributed by atoms with Crippen molar-refractivity contribution in [2.75, 3.05) is 7.11 Å². The van der Waals surface area contributed by atoms with Crippen LogP contribution in [0.25, 0.3) is 5.32 Å². The van der Waals surface area contributed by atoms with Crippen molar-refractivity contribution in [3.05, 3.63) is 29.1 Å². The molecular weight excluding hydrogens is 427 g/mol. The van der Waals surface area contributed by atoms with E-state index in [2.05, 4.69) is 31.0 Å². The first-order chi connectivity index (χ1) is 12.3. The molecule has 153 valence electrons. The van der Waals surface area contributed by atoms with E-state index in [1.165, 1.54) is 0 Å². The van der Waals surface area contributed by atoms with Gasteiger partial charge in [0.15, 0.2) is 17.1 Å². The number of rotatable bonds is 7. The maximum atomic E-state index is 12.2. The molecule has 0 fully saturated rings. The van der Waals surface area contributed by atoms with Crippen molar-refractivity contribution in [3.8, 4) is 23.3 Å². The number of amides is 1. The fourth-order valence-electron chi connectivity index (χ4n) is 2.64. The zero-order chi connectivity index (χ0) is 21.0. The third-order valence-corrected chi connectivity index (χ3v) is 5.09. The molecule has 0 aliphatic carbocycles. The molecule has 0 N–H and O–H groups in total. The summed E-state index contributed by atoms with van der Waals surface area (Å²) in [6.45, 7) is 17.5. The largest absolute Gasteiger partial charge is 0.648 e. The molecule has 0 saturated carbocycles. The van der Waals surface area contributed by atoms with Crippen molar-refractivity contribution in [3.63, 3.8) is 0 Å². The monoisotopic (exact) mass is 461 g/mol. The zero-order valence-electron chi connectivity index (χ0n) is 19.1. The molecule has 0 unspecified atom stereocenters. The third-order valence-electron chi connectivity index (χ3n) is 5.09. The molecule has 0 aliphatic rings.